The molecule has 0 saturated carbocycles. The van der Waals surface area contributed by atoms with Gasteiger partial charge in [-0.15, -0.1) is 0 Å². The number of nitrogens with zero attached hydrogens (tertiary/aromatic N) is 1. The number of aromatic nitrogens is 1. The number of carbonyl (C=O) groups excluding carboxylic acids is 2. The standard InChI is InChI=1S/C22H24F2N2O3/c1-11-15(6-7-16(23)19(11)24)18-12(2)22(4,5)29-20(18)21(28)26-14-8-9-25-17(10-14)13(3)27/h6-10,12,18,20H,1-5H3,(H,25,26,28)/t12-,18+,20-/m0/s1. The Balaban J connectivity index is 1.96. The van der Waals surface area contributed by atoms with E-state index in [4.69, 9.17) is 4.74 Å². The van der Waals surface area contributed by atoms with Gasteiger partial charge in [-0.25, -0.2) is 8.78 Å². The maximum atomic E-state index is 14.2. The monoisotopic (exact) mass is 402 g/mol. The molecule has 5 nitrogen and oxygen atoms in total. The van der Waals surface area contributed by atoms with Gasteiger partial charge in [0.2, 0.25) is 0 Å². The first-order chi connectivity index (χ1) is 13.5. The number of carbonyl (C=O) groups is 2. The van der Waals surface area contributed by atoms with Crippen LogP contribution >= 0.6 is 0 Å². The molecule has 1 aliphatic rings. The van der Waals surface area contributed by atoms with E-state index in [-0.39, 0.29) is 23.0 Å². The Hall–Kier alpha value is -2.67. The summed E-state index contributed by atoms with van der Waals surface area (Å²) in [6.07, 6.45) is 0.531. The topological polar surface area (TPSA) is 68.3 Å². The first kappa shape index (κ1) is 21.0. The van der Waals surface area contributed by atoms with Crippen molar-refractivity contribution in [3.05, 3.63) is 58.9 Å². The lowest BCUT2D eigenvalue weighted by Crippen LogP contribution is -2.33. The molecule has 1 aliphatic heterocycles. The lowest BCUT2D eigenvalue weighted by atomic mass is 9.77. The Morgan fingerprint density at radius 3 is 2.55 bits per heavy atom. The molecule has 1 fully saturated rings. The first-order valence-corrected chi connectivity index (χ1v) is 9.43. The van der Waals surface area contributed by atoms with Crippen LogP contribution in [0.2, 0.25) is 0 Å². The van der Waals surface area contributed by atoms with E-state index >= 15 is 0 Å². The molecule has 0 unspecified atom stereocenters. The van der Waals surface area contributed by atoms with Gasteiger partial charge in [0.15, 0.2) is 17.4 Å². The number of hydrogen-bond acceptors (Lipinski definition) is 4. The molecule has 0 spiro atoms. The minimum atomic E-state index is -0.924. The van der Waals surface area contributed by atoms with E-state index in [1.807, 2.05) is 20.8 Å². The molecule has 154 valence electrons. The zero-order valence-electron chi connectivity index (χ0n) is 17.0. The van der Waals surface area contributed by atoms with Crippen molar-refractivity contribution < 1.29 is 23.1 Å². The zero-order valence-corrected chi connectivity index (χ0v) is 17.0. The predicted octanol–water partition coefficient (Wildman–Crippen LogP) is 4.41. The average molecular weight is 402 g/mol. The Morgan fingerprint density at radius 1 is 1.21 bits per heavy atom. The van der Waals surface area contributed by atoms with Crippen LogP contribution in [0.5, 0.6) is 0 Å². The van der Waals surface area contributed by atoms with E-state index in [9.17, 15) is 18.4 Å². The second-order valence-electron chi connectivity index (χ2n) is 8.01. The third-order valence-corrected chi connectivity index (χ3v) is 5.78. The molecule has 1 aromatic heterocycles. The Labute approximate surface area is 168 Å². The molecule has 2 aromatic rings. The van der Waals surface area contributed by atoms with Crippen LogP contribution in [0.1, 0.15) is 55.2 Å². The third-order valence-electron chi connectivity index (χ3n) is 5.78. The number of pyridine rings is 1. The highest BCUT2D eigenvalue weighted by atomic mass is 19.2. The lowest BCUT2D eigenvalue weighted by molar-refractivity contribution is -0.131. The zero-order chi connectivity index (χ0) is 21.5. The summed E-state index contributed by atoms with van der Waals surface area (Å²) < 4.78 is 33.9. The van der Waals surface area contributed by atoms with Gasteiger partial charge in [0.25, 0.3) is 5.91 Å². The number of Topliss-reactive ketones (excluding diaryl/α,β-unsaturated/α-hetero) is 1. The third kappa shape index (κ3) is 3.92. The number of anilines is 1. The number of rotatable bonds is 4. The van der Waals surface area contributed by atoms with Crippen molar-refractivity contribution in [1.82, 2.24) is 4.98 Å². The fraction of sp³-hybridized carbons (Fsp3) is 0.409. The Morgan fingerprint density at radius 2 is 1.90 bits per heavy atom. The van der Waals surface area contributed by atoms with Crippen molar-refractivity contribution in [2.75, 3.05) is 5.32 Å². The molecule has 1 N–H and O–H groups in total. The van der Waals surface area contributed by atoms with Gasteiger partial charge in [-0.2, -0.15) is 0 Å². The van der Waals surface area contributed by atoms with Crippen LogP contribution in [-0.4, -0.2) is 28.4 Å². The average Bonchev–Trinajstić information content (AvgIpc) is 2.90. The number of ketones is 1. The van der Waals surface area contributed by atoms with Crippen LogP contribution < -0.4 is 5.32 Å². The Bertz CT molecular complexity index is 975. The molecule has 7 heteroatoms. The summed E-state index contributed by atoms with van der Waals surface area (Å²) in [5, 5.41) is 2.76. The maximum Gasteiger partial charge on any atom is 0.254 e. The maximum absolute atomic E-state index is 14.2. The van der Waals surface area contributed by atoms with Gasteiger partial charge in [0.1, 0.15) is 11.8 Å². The Kier molecular flexibility index (Phi) is 5.54. The van der Waals surface area contributed by atoms with Crippen molar-refractivity contribution in [2.45, 2.75) is 52.2 Å². The van der Waals surface area contributed by atoms with Gasteiger partial charge in [-0.1, -0.05) is 13.0 Å². The van der Waals surface area contributed by atoms with Crippen molar-refractivity contribution in [2.24, 2.45) is 5.92 Å². The predicted molar refractivity (Wildman–Crippen MR) is 105 cm³/mol. The number of ether oxygens (including phenoxy) is 1. The number of benzene rings is 1. The molecule has 3 atom stereocenters. The molecule has 1 saturated heterocycles. The van der Waals surface area contributed by atoms with Gasteiger partial charge >= 0.3 is 0 Å². The van der Waals surface area contributed by atoms with Crippen molar-refractivity contribution in [3.8, 4) is 0 Å². The van der Waals surface area contributed by atoms with E-state index in [1.54, 1.807) is 6.07 Å². The summed E-state index contributed by atoms with van der Waals surface area (Å²) in [5.74, 6) is -3.08. The van der Waals surface area contributed by atoms with Crippen molar-refractivity contribution in [1.29, 1.82) is 0 Å². The van der Waals surface area contributed by atoms with Crippen LogP contribution in [0.25, 0.3) is 0 Å². The molecule has 0 aliphatic carbocycles. The van der Waals surface area contributed by atoms with Crippen molar-refractivity contribution >= 4 is 17.4 Å². The molecule has 2 heterocycles. The van der Waals surface area contributed by atoms with Crippen LogP contribution in [0.15, 0.2) is 30.5 Å². The first-order valence-electron chi connectivity index (χ1n) is 9.43. The van der Waals surface area contributed by atoms with Crippen LogP contribution in [0, 0.1) is 24.5 Å². The van der Waals surface area contributed by atoms with E-state index in [1.165, 1.54) is 32.2 Å². The number of amides is 1. The quantitative estimate of drug-likeness (QED) is 0.770. The summed E-state index contributed by atoms with van der Waals surface area (Å²) in [5.41, 5.74) is 0.714. The largest absolute Gasteiger partial charge is 0.362 e. The molecule has 29 heavy (non-hydrogen) atoms. The van der Waals surface area contributed by atoms with Crippen LogP contribution in [0.3, 0.4) is 0 Å². The molecular formula is C22H24F2N2O3. The van der Waals surface area contributed by atoms with E-state index < -0.39 is 35.2 Å². The highest BCUT2D eigenvalue weighted by Crippen LogP contribution is 2.47. The van der Waals surface area contributed by atoms with Crippen LogP contribution in [0.4, 0.5) is 14.5 Å². The minimum Gasteiger partial charge on any atom is -0.362 e. The molecular weight excluding hydrogens is 378 g/mol. The molecule has 1 amide bonds. The van der Waals surface area contributed by atoms with Gasteiger partial charge in [-0.05, 0) is 56.0 Å². The highest BCUT2D eigenvalue weighted by molar-refractivity contribution is 5.97. The highest BCUT2D eigenvalue weighted by Gasteiger charge is 2.51. The molecule has 0 bridgehead atoms. The molecule has 0 radical (unpaired) electrons. The summed E-state index contributed by atoms with van der Waals surface area (Å²) in [7, 11) is 0. The summed E-state index contributed by atoms with van der Waals surface area (Å²) in [6.45, 7) is 8.56. The van der Waals surface area contributed by atoms with E-state index in [0.717, 1.165) is 6.07 Å². The van der Waals surface area contributed by atoms with Gasteiger partial charge in [-0.3, -0.25) is 14.6 Å². The molecule has 3 rings (SSSR count). The lowest BCUT2D eigenvalue weighted by Gasteiger charge is -2.25. The summed E-state index contributed by atoms with van der Waals surface area (Å²) in [6, 6.07) is 5.65. The number of halogens is 2. The summed E-state index contributed by atoms with van der Waals surface area (Å²) >= 11 is 0. The SMILES string of the molecule is CC(=O)c1cc(NC(=O)[C@H]2OC(C)(C)[C@@H](C)[C@@H]2c2ccc(F)c(F)c2C)ccn1. The fourth-order valence-electron chi connectivity index (χ4n) is 3.79. The smallest absolute Gasteiger partial charge is 0.254 e. The minimum absolute atomic E-state index is 0.132. The second-order valence-corrected chi connectivity index (χ2v) is 8.01. The normalized spacial score (nSPS) is 23.1. The van der Waals surface area contributed by atoms with Crippen LogP contribution in [-0.2, 0) is 9.53 Å². The number of hydrogen-bond donors (Lipinski definition) is 1. The van der Waals surface area contributed by atoms with Gasteiger partial charge < -0.3 is 10.1 Å². The summed E-state index contributed by atoms with van der Waals surface area (Å²) in [4.78, 5) is 28.6. The van der Waals surface area contributed by atoms with E-state index in [2.05, 4.69) is 10.3 Å². The van der Waals surface area contributed by atoms with Gasteiger partial charge in [0, 0.05) is 24.7 Å². The van der Waals surface area contributed by atoms with E-state index in [0.29, 0.717) is 11.3 Å². The van der Waals surface area contributed by atoms with Gasteiger partial charge in [0.05, 0.1) is 5.60 Å². The molecule has 1 aromatic carbocycles. The van der Waals surface area contributed by atoms with Crippen molar-refractivity contribution in [3.63, 3.8) is 0 Å². The second kappa shape index (κ2) is 7.63. The fourth-order valence-corrected chi connectivity index (χ4v) is 3.79. The number of nitrogens with one attached hydrogen (secondary N) is 1.